The Kier molecular flexibility index (Phi) is 4.24. The summed E-state index contributed by atoms with van der Waals surface area (Å²) < 4.78 is 17.6. The molecule has 0 N–H and O–H groups in total. The Bertz CT molecular complexity index is 358. The average molecular weight is 264 g/mol. The lowest BCUT2D eigenvalue weighted by Gasteiger charge is -2.32. The first-order chi connectivity index (χ1) is 8.86. The summed E-state index contributed by atoms with van der Waals surface area (Å²) in [5.74, 6) is 2.40. The quantitative estimate of drug-likeness (QED) is 0.566. The van der Waals surface area contributed by atoms with Crippen LogP contribution in [-0.2, 0) is 14.0 Å². The molecule has 3 nitrogen and oxygen atoms in total. The highest BCUT2D eigenvalue weighted by Crippen LogP contribution is 2.37. The molecule has 1 atom stereocenters. The monoisotopic (exact) mass is 264 g/mol. The molecule has 2 aliphatic rings. The van der Waals surface area contributed by atoms with Gasteiger partial charge in [-0.3, -0.25) is 0 Å². The topological polar surface area (TPSA) is 27.7 Å². The van der Waals surface area contributed by atoms with Crippen molar-refractivity contribution in [1.82, 2.24) is 0 Å². The zero-order valence-electron chi connectivity index (χ0n) is 12.6. The van der Waals surface area contributed by atoms with Gasteiger partial charge in [-0.05, 0) is 40.5 Å². The van der Waals surface area contributed by atoms with E-state index in [9.17, 15) is 0 Å². The standard InChI is InChI=1S/C15H25BO3/c1-6-12-11-17-9-7-8-13(12)10-16-18-14(2,3)15(4,5)19-16/h6,10,12H,1,7-9,11H2,2-5H3/b13-10+. The molecular weight excluding hydrogens is 239 g/mol. The van der Waals surface area contributed by atoms with E-state index in [0.717, 1.165) is 26.1 Å². The van der Waals surface area contributed by atoms with E-state index < -0.39 is 0 Å². The van der Waals surface area contributed by atoms with Gasteiger partial charge in [-0.2, -0.15) is 0 Å². The summed E-state index contributed by atoms with van der Waals surface area (Å²) in [5, 5.41) is 0. The van der Waals surface area contributed by atoms with Gasteiger partial charge in [0.05, 0.1) is 17.8 Å². The number of rotatable bonds is 2. The van der Waals surface area contributed by atoms with Crippen LogP contribution < -0.4 is 0 Å². The largest absolute Gasteiger partial charge is 0.487 e. The summed E-state index contributed by atoms with van der Waals surface area (Å²) in [5.41, 5.74) is 0.769. The fourth-order valence-electron chi connectivity index (χ4n) is 2.44. The van der Waals surface area contributed by atoms with Gasteiger partial charge in [-0.1, -0.05) is 17.6 Å². The van der Waals surface area contributed by atoms with Gasteiger partial charge in [0.25, 0.3) is 0 Å². The van der Waals surface area contributed by atoms with Gasteiger partial charge in [0.2, 0.25) is 0 Å². The third-order valence-electron chi connectivity index (χ3n) is 4.43. The first kappa shape index (κ1) is 14.8. The molecule has 2 heterocycles. The Labute approximate surface area is 117 Å². The van der Waals surface area contributed by atoms with Gasteiger partial charge in [-0.25, -0.2) is 0 Å². The minimum absolute atomic E-state index is 0.263. The molecule has 19 heavy (non-hydrogen) atoms. The molecule has 2 saturated heterocycles. The zero-order chi connectivity index (χ0) is 14.1. The second-order valence-electron chi connectivity index (χ2n) is 6.39. The van der Waals surface area contributed by atoms with Gasteiger partial charge in [0.1, 0.15) is 0 Å². The lowest BCUT2D eigenvalue weighted by Crippen LogP contribution is -2.41. The van der Waals surface area contributed by atoms with Crippen molar-refractivity contribution in [2.45, 2.75) is 51.7 Å². The Morgan fingerprint density at radius 3 is 2.42 bits per heavy atom. The molecule has 2 aliphatic heterocycles. The van der Waals surface area contributed by atoms with Crippen LogP contribution in [0.3, 0.4) is 0 Å². The molecule has 0 aromatic carbocycles. The van der Waals surface area contributed by atoms with E-state index in [4.69, 9.17) is 14.0 Å². The van der Waals surface area contributed by atoms with Crippen LogP contribution in [0.4, 0.5) is 0 Å². The second kappa shape index (κ2) is 5.43. The van der Waals surface area contributed by atoms with Crippen molar-refractivity contribution in [2.75, 3.05) is 13.2 Å². The predicted molar refractivity (Wildman–Crippen MR) is 77.9 cm³/mol. The maximum Gasteiger partial charge on any atom is 0.487 e. The SMILES string of the molecule is C=CC1COCCC/C1=C\B1OC(C)(C)C(C)(C)O1. The molecule has 0 saturated carbocycles. The Morgan fingerprint density at radius 1 is 1.21 bits per heavy atom. The van der Waals surface area contributed by atoms with E-state index in [1.165, 1.54) is 5.57 Å². The fourth-order valence-corrected chi connectivity index (χ4v) is 2.44. The first-order valence-corrected chi connectivity index (χ1v) is 7.12. The molecule has 0 aliphatic carbocycles. The Morgan fingerprint density at radius 2 is 1.84 bits per heavy atom. The number of hydrogen-bond donors (Lipinski definition) is 0. The normalized spacial score (nSPS) is 32.3. The highest BCUT2D eigenvalue weighted by molar-refractivity contribution is 6.51. The third-order valence-corrected chi connectivity index (χ3v) is 4.43. The van der Waals surface area contributed by atoms with E-state index in [-0.39, 0.29) is 24.2 Å². The van der Waals surface area contributed by atoms with Crippen molar-refractivity contribution in [3.63, 3.8) is 0 Å². The maximum absolute atomic E-state index is 6.03. The molecule has 2 fully saturated rings. The molecule has 0 radical (unpaired) electrons. The van der Waals surface area contributed by atoms with E-state index in [2.05, 4.69) is 40.2 Å². The lowest BCUT2D eigenvalue weighted by molar-refractivity contribution is 0.00578. The van der Waals surface area contributed by atoms with Crippen molar-refractivity contribution in [3.8, 4) is 0 Å². The summed E-state index contributed by atoms with van der Waals surface area (Å²) in [7, 11) is -0.263. The maximum atomic E-state index is 6.03. The van der Waals surface area contributed by atoms with Crippen LogP contribution in [0, 0.1) is 5.92 Å². The van der Waals surface area contributed by atoms with E-state index in [1.807, 2.05) is 6.08 Å². The molecule has 4 heteroatoms. The van der Waals surface area contributed by atoms with Crippen molar-refractivity contribution in [1.29, 1.82) is 0 Å². The molecular formula is C15H25BO3. The summed E-state index contributed by atoms with van der Waals surface area (Å²) in [4.78, 5) is 0. The zero-order valence-corrected chi connectivity index (χ0v) is 12.6. The minimum atomic E-state index is -0.278. The minimum Gasteiger partial charge on any atom is -0.400 e. The fraction of sp³-hybridized carbons (Fsp3) is 0.733. The van der Waals surface area contributed by atoms with Gasteiger partial charge >= 0.3 is 7.12 Å². The van der Waals surface area contributed by atoms with E-state index in [0.29, 0.717) is 0 Å². The molecule has 0 bridgehead atoms. The predicted octanol–water partition coefficient (Wildman–Crippen LogP) is 3.16. The van der Waals surface area contributed by atoms with Crippen LogP contribution in [-0.4, -0.2) is 31.5 Å². The number of hydrogen-bond acceptors (Lipinski definition) is 3. The van der Waals surface area contributed by atoms with Crippen LogP contribution in [0.15, 0.2) is 24.2 Å². The van der Waals surface area contributed by atoms with Crippen LogP contribution in [0.2, 0.25) is 0 Å². The Hall–Kier alpha value is -0.575. The van der Waals surface area contributed by atoms with Gasteiger partial charge in [-0.15, -0.1) is 6.58 Å². The van der Waals surface area contributed by atoms with Crippen LogP contribution in [0.25, 0.3) is 0 Å². The molecule has 0 amide bonds. The summed E-state index contributed by atoms with van der Waals surface area (Å²) >= 11 is 0. The van der Waals surface area contributed by atoms with E-state index >= 15 is 0 Å². The van der Waals surface area contributed by atoms with Crippen molar-refractivity contribution < 1.29 is 14.0 Å². The van der Waals surface area contributed by atoms with Crippen molar-refractivity contribution in [3.05, 3.63) is 24.2 Å². The molecule has 1 unspecified atom stereocenters. The lowest BCUT2D eigenvalue weighted by atomic mass is 9.82. The van der Waals surface area contributed by atoms with Crippen LogP contribution in [0.5, 0.6) is 0 Å². The van der Waals surface area contributed by atoms with Gasteiger partial charge in [0.15, 0.2) is 0 Å². The van der Waals surface area contributed by atoms with Crippen molar-refractivity contribution in [2.24, 2.45) is 5.92 Å². The van der Waals surface area contributed by atoms with E-state index in [1.54, 1.807) is 0 Å². The summed E-state index contributed by atoms with van der Waals surface area (Å²) in [6.07, 6.45) is 4.04. The summed E-state index contributed by atoms with van der Waals surface area (Å²) in [6.45, 7) is 13.8. The van der Waals surface area contributed by atoms with Gasteiger partial charge < -0.3 is 14.0 Å². The molecule has 0 aromatic heterocycles. The van der Waals surface area contributed by atoms with Gasteiger partial charge in [0, 0.05) is 12.5 Å². The Balaban J connectivity index is 2.14. The average Bonchev–Trinajstić information content (AvgIpc) is 2.47. The van der Waals surface area contributed by atoms with Crippen LogP contribution >= 0.6 is 0 Å². The number of ether oxygens (including phenoxy) is 1. The molecule has 106 valence electrons. The first-order valence-electron chi connectivity index (χ1n) is 7.12. The second-order valence-corrected chi connectivity index (χ2v) is 6.39. The summed E-state index contributed by atoms with van der Waals surface area (Å²) in [6, 6.07) is 0. The molecule has 2 rings (SSSR count). The molecule has 0 aromatic rings. The van der Waals surface area contributed by atoms with Crippen LogP contribution in [0.1, 0.15) is 40.5 Å². The smallest absolute Gasteiger partial charge is 0.400 e. The third kappa shape index (κ3) is 3.12. The van der Waals surface area contributed by atoms with Crippen molar-refractivity contribution >= 4 is 7.12 Å². The molecule has 0 spiro atoms. The highest BCUT2D eigenvalue weighted by Gasteiger charge is 2.50. The highest BCUT2D eigenvalue weighted by atomic mass is 16.7.